The van der Waals surface area contributed by atoms with Crippen LogP contribution in [-0.4, -0.2) is 17.6 Å². The van der Waals surface area contributed by atoms with Crippen molar-refractivity contribution in [2.24, 2.45) is 0 Å². The highest BCUT2D eigenvalue weighted by atomic mass is 35.5. The summed E-state index contributed by atoms with van der Waals surface area (Å²) in [5, 5.41) is 2.87. The lowest BCUT2D eigenvalue weighted by Crippen LogP contribution is -2.10. The maximum atomic E-state index is 12.3. The van der Waals surface area contributed by atoms with Crippen LogP contribution in [0.5, 0.6) is 0 Å². The molecule has 0 aliphatic rings. The van der Waals surface area contributed by atoms with Crippen LogP contribution in [0.25, 0.3) is 33.2 Å². The number of esters is 1. The molecule has 1 aromatic heterocycles. The van der Waals surface area contributed by atoms with Gasteiger partial charge in [-0.05, 0) is 77.2 Å². The number of halogens is 1. The first-order valence-electron chi connectivity index (χ1n) is 9.96. The topological polar surface area (TPSA) is 39.2 Å². The van der Waals surface area contributed by atoms with Crippen molar-refractivity contribution in [3.05, 3.63) is 89.1 Å². The van der Waals surface area contributed by atoms with Crippen molar-refractivity contribution < 1.29 is 9.53 Å². The molecule has 0 atom stereocenters. The molecule has 0 aliphatic carbocycles. The van der Waals surface area contributed by atoms with Gasteiger partial charge in [0.15, 0.2) is 0 Å². The summed E-state index contributed by atoms with van der Waals surface area (Å²) in [7, 11) is 0. The van der Waals surface area contributed by atoms with Crippen molar-refractivity contribution in [3.63, 3.8) is 0 Å². The Hall–Kier alpha value is -3.17. The molecular formula is C26H22ClNO2. The molecule has 3 aromatic carbocycles. The second-order valence-electron chi connectivity index (χ2n) is 7.19. The predicted molar refractivity (Wildman–Crippen MR) is 123 cm³/mol. The number of ether oxygens (including phenoxy) is 1. The first kappa shape index (κ1) is 20.1. The molecule has 0 fully saturated rings. The number of aryl methyl sites for hydroxylation is 1. The van der Waals surface area contributed by atoms with E-state index in [9.17, 15) is 4.79 Å². The highest BCUT2D eigenvalue weighted by Gasteiger charge is 2.17. The maximum absolute atomic E-state index is 12.3. The van der Waals surface area contributed by atoms with Gasteiger partial charge in [0.25, 0.3) is 0 Å². The number of aromatic nitrogens is 1. The summed E-state index contributed by atoms with van der Waals surface area (Å²) in [6.45, 7) is 4.24. The second kappa shape index (κ2) is 8.68. The van der Waals surface area contributed by atoms with Gasteiger partial charge in [-0.25, -0.2) is 0 Å². The molecule has 30 heavy (non-hydrogen) atoms. The minimum absolute atomic E-state index is 0.222. The fourth-order valence-corrected chi connectivity index (χ4v) is 3.94. The molecule has 0 aliphatic heterocycles. The molecule has 4 rings (SSSR count). The predicted octanol–water partition coefficient (Wildman–Crippen LogP) is 6.64. The molecule has 0 amide bonds. The van der Waals surface area contributed by atoms with Crippen LogP contribution in [0.15, 0.2) is 72.9 Å². The lowest BCUT2D eigenvalue weighted by molar-refractivity contribution is -0.142. The molecule has 1 heterocycles. The molecule has 4 heteroatoms. The molecular weight excluding hydrogens is 394 g/mol. The standard InChI is InChI=1S/C26H22ClNO2/c1-3-30-25(29)16-23-17(2)14-20-15-19(24-6-4-5-13-28-24)9-12-22(20)26(23)18-7-10-21(27)11-8-18/h4-15H,3,16H2,1-2H3. The summed E-state index contributed by atoms with van der Waals surface area (Å²) in [5.74, 6) is -0.222. The third-order valence-electron chi connectivity index (χ3n) is 5.19. The van der Waals surface area contributed by atoms with Gasteiger partial charge >= 0.3 is 5.97 Å². The number of fused-ring (bicyclic) bond motifs is 1. The lowest BCUT2D eigenvalue weighted by atomic mass is 9.88. The van der Waals surface area contributed by atoms with Gasteiger partial charge in [0.05, 0.1) is 18.7 Å². The Morgan fingerprint density at radius 3 is 2.47 bits per heavy atom. The average Bonchev–Trinajstić information content (AvgIpc) is 2.75. The van der Waals surface area contributed by atoms with Gasteiger partial charge in [-0.2, -0.15) is 0 Å². The van der Waals surface area contributed by atoms with Crippen molar-refractivity contribution in [3.8, 4) is 22.4 Å². The maximum Gasteiger partial charge on any atom is 0.310 e. The summed E-state index contributed by atoms with van der Waals surface area (Å²) in [4.78, 5) is 16.8. The minimum Gasteiger partial charge on any atom is -0.466 e. The third kappa shape index (κ3) is 4.07. The molecule has 0 bridgehead atoms. The zero-order valence-electron chi connectivity index (χ0n) is 17.0. The van der Waals surface area contributed by atoms with Gasteiger partial charge in [0, 0.05) is 16.8 Å². The summed E-state index contributed by atoms with van der Waals surface area (Å²) in [5.41, 5.74) is 6.09. The number of hydrogen-bond donors (Lipinski definition) is 0. The Labute approximate surface area is 181 Å². The first-order chi connectivity index (χ1) is 14.6. The van der Waals surface area contributed by atoms with E-state index in [-0.39, 0.29) is 12.4 Å². The smallest absolute Gasteiger partial charge is 0.310 e. The molecule has 150 valence electrons. The Balaban J connectivity index is 1.94. The molecule has 0 N–H and O–H groups in total. The van der Waals surface area contributed by atoms with Gasteiger partial charge in [0.2, 0.25) is 0 Å². The zero-order chi connectivity index (χ0) is 21.1. The van der Waals surface area contributed by atoms with Crippen molar-refractivity contribution in [2.45, 2.75) is 20.3 Å². The van der Waals surface area contributed by atoms with Gasteiger partial charge in [-0.3, -0.25) is 9.78 Å². The summed E-state index contributed by atoms with van der Waals surface area (Å²) >= 11 is 6.12. The number of benzene rings is 3. The summed E-state index contributed by atoms with van der Waals surface area (Å²) in [6, 6.07) is 22.1. The monoisotopic (exact) mass is 415 g/mol. The molecule has 0 unspecified atom stereocenters. The number of pyridine rings is 1. The Kier molecular flexibility index (Phi) is 5.82. The third-order valence-corrected chi connectivity index (χ3v) is 5.44. The molecule has 4 aromatic rings. The van der Waals surface area contributed by atoms with Crippen LogP contribution in [0, 0.1) is 6.92 Å². The van der Waals surface area contributed by atoms with Crippen LogP contribution in [0.3, 0.4) is 0 Å². The van der Waals surface area contributed by atoms with Crippen molar-refractivity contribution in [2.75, 3.05) is 6.61 Å². The van der Waals surface area contributed by atoms with E-state index >= 15 is 0 Å². The average molecular weight is 416 g/mol. The SMILES string of the molecule is CCOC(=O)Cc1c(C)cc2cc(-c3ccccn3)ccc2c1-c1ccc(Cl)cc1. The highest BCUT2D eigenvalue weighted by molar-refractivity contribution is 6.30. The van der Waals surface area contributed by atoms with Crippen molar-refractivity contribution in [1.82, 2.24) is 4.98 Å². The Bertz CT molecular complexity index is 1200. The van der Waals surface area contributed by atoms with E-state index in [4.69, 9.17) is 16.3 Å². The van der Waals surface area contributed by atoms with Gasteiger partial charge in [-0.15, -0.1) is 0 Å². The quantitative estimate of drug-likeness (QED) is 0.343. The van der Waals surface area contributed by atoms with E-state index in [0.717, 1.165) is 44.3 Å². The normalized spacial score (nSPS) is 10.9. The number of rotatable bonds is 5. The molecule has 0 spiro atoms. The summed E-state index contributed by atoms with van der Waals surface area (Å²) in [6.07, 6.45) is 2.03. The fourth-order valence-electron chi connectivity index (χ4n) is 3.81. The summed E-state index contributed by atoms with van der Waals surface area (Å²) < 4.78 is 5.23. The Morgan fingerprint density at radius 1 is 1.00 bits per heavy atom. The fraction of sp³-hybridized carbons (Fsp3) is 0.154. The molecule has 0 saturated heterocycles. The van der Waals surface area contributed by atoms with Crippen LogP contribution >= 0.6 is 11.6 Å². The number of hydrogen-bond acceptors (Lipinski definition) is 3. The van der Waals surface area contributed by atoms with Crippen LogP contribution < -0.4 is 0 Å². The number of carbonyl (C=O) groups is 1. The van der Waals surface area contributed by atoms with Crippen LogP contribution in [0.4, 0.5) is 0 Å². The van der Waals surface area contributed by atoms with Gasteiger partial charge in [0.1, 0.15) is 0 Å². The number of carbonyl (C=O) groups excluding carboxylic acids is 1. The minimum atomic E-state index is -0.222. The van der Waals surface area contributed by atoms with E-state index in [2.05, 4.69) is 29.2 Å². The van der Waals surface area contributed by atoms with E-state index in [1.54, 1.807) is 6.20 Å². The van der Waals surface area contributed by atoms with Gasteiger partial charge in [-0.1, -0.05) is 48.0 Å². The van der Waals surface area contributed by atoms with E-state index in [1.165, 1.54) is 0 Å². The van der Waals surface area contributed by atoms with Crippen LogP contribution in [-0.2, 0) is 16.0 Å². The van der Waals surface area contributed by atoms with E-state index in [1.807, 2.05) is 56.3 Å². The largest absolute Gasteiger partial charge is 0.466 e. The van der Waals surface area contributed by atoms with Gasteiger partial charge < -0.3 is 4.74 Å². The van der Waals surface area contributed by atoms with Crippen molar-refractivity contribution in [1.29, 1.82) is 0 Å². The van der Waals surface area contributed by atoms with Crippen molar-refractivity contribution >= 4 is 28.3 Å². The first-order valence-corrected chi connectivity index (χ1v) is 10.3. The Morgan fingerprint density at radius 2 is 1.77 bits per heavy atom. The lowest BCUT2D eigenvalue weighted by Gasteiger charge is -2.17. The van der Waals surface area contributed by atoms with E-state index < -0.39 is 0 Å². The second-order valence-corrected chi connectivity index (χ2v) is 7.62. The molecule has 3 nitrogen and oxygen atoms in total. The van der Waals surface area contributed by atoms with Crippen LogP contribution in [0.1, 0.15) is 18.1 Å². The molecule has 0 saturated carbocycles. The zero-order valence-corrected chi connectivity index (χ0v) is 17.7. The number of nitrogens with zero attached hydrogens (tertiary/aromatic N) is 1. The highest BCUT2D eigenvalue weighted by Crippen LogP contribution is 2.37. The molecule has 0 radical (unpaired) electrons. The van der Waals surface area contributed by atoms with Crippen LogP contribution in [0.2, 0.25) is 5.02 Å². The van der Waals surface area contributed by atoms with E-state index in [0.29, 0.717) is 11.6 Å².